The van der Waals surface area contributed by atoms with Crippen LogP contribution in [0.4, 0.5) is 0 Å². The van der Waals surface area contributed by atoms with E-state index in [2.05, 4.69) is 10.3 Å². The van der Waals surface area contributed by atoms with Crippen molar-refractivity contribution in [1.29, 1.82) is 0 Å². The number of thioether (sulfide) groups is 1. The number of thiophene rings is 1. The van der Waals surface area contributed by atoms with Crippen LogP contribution in [0.15, 0.2) is 9.95 Å². The van der Waals surface area contributed by atoms with Crippen molar-refractivity contribution < 1.29 is 4.79 Å². The highest BCUT2D eigenvalue weighted by Gasteiger charge is 2.22. The normalized spacial score (nSPS) is 13.7. The summed E-state index contributed by atoms with van der Waals surface area (Å²) in [5.41, 5.74) is 1.20. The monoisotopic (exact) mass is 309 g/mol. The van der Waals surface area contributed by atoms with Crippen LogP contribution in [0.5, 0.6) is 0 Å². The van der Waals surface area contributed by atoms with E-state index < -0.39 is 0 Å². The van der Waals surface area contributed by atoms with Gasteiger partial charge in [0.05, 0.1) is 11.1 Å². The minimum absolute atomic E-state index is 0.00815. The zero-order chi connectivity index (χ0) is 14.3. The minimum Gasteiger partial charge on any atom is -0.358 e. The van der Waals surface area contributed by atoms with Crippen molar-refractivity contribution >= 4 is 39.2 Å². The highest BCUT2D eigenvalue weighted by atomic mass is 32.2. The van der Waals surface area contributed by atoms with Gasteiger partial charge in [-0.05, 0) is 24.8 Å². The van der Waals surface area contributed by atoms with Gasteiger partial charge in [0.2, 0.25) is 5.91 Å². The number of carbonyl (C=O) groups is 1. The van der Waals surface area contributed by atoms with E-state index in [-0.39, 0.29) is 17.2 Å². The van der Waals surface area contributed by atoms with Gasteiger partial charge in [-0.2, -0.15) is 0 Å². The molecule has 0 fully saturated rings. The topological polar surface area (TPSA) is 64.0 Å². The molecule has 20 heavy (non-hydrogen) atoms. The van der Waals surface area contributed by atoms with Gasteiger partial charge >= 0.3 is 0 Å². The third kappa shape index (κ3) is 2.14. The molecule has 0 radical (unpaired) electrons. The van der Waals surface area contributed by atoms with Crippen molar-refractivity contribution in [2.75, 3.05) is 12.8 Å². The molecule has 1 aliphatic rings. The zero-order valence-corrected chi connectivity index (χ0v) is 13.0. The predicted octanol–water partition coefficient (Wildman–Crippen LogP) is 1.32. The van der Waals surface area contributed by atoms with Crippen LogP contribution >= 0.6 is 23.1 Å². The smallest absolute Gasteiger partial charge is 0.262 e. The third-order valence-corrected chi connectivity index (χ3v) is 5.73. The number of nitrogens with one attached hydrogen (secondary N) is 1. The molecule has 0 bridgehead atoms. The van der Waals surface area contributed by atoms with Crippen molar-refractivity contribution in [3.05, 3.63) is 20.8 Å². The van der Waals surface area contributed by atoms with E-state index in [1.54, 1.807) is 30.0 Å². The van der Waals surface area contributed by atoms with Gasteiger partial charge in [-0.15, -0.1) is 11.3 Å². The molecule has 1 amide bonds. The van der Waals surface area contributed by atoms with Crippen LogP contribution < -0.4 is 10.9 Å². The van der Waals surface area contributed by atoms with Crippen molar-refractivity contribution in [2.24, 2.45) is 7.05 Å². The first-order valence-electron chi connectivity index (χ1n) is 6.46. The average Bonchev–Trinajstić information content (AvgIpc) is 3.00. The molecule has 5 nitrogen and oxygen atoms in total. The molecule has 0 saturated carbocycles. The highest BCUT2D eigenvalue weighted by molar-refractivity contribution is 7.99. The largest absolute Gasteiger partial charge is 0.358 e. The summed E-state index contributed by atoms with van der Waals surface area (Å²) >= 11 is 2.92. The van der Waals surface area contributed by atoms with Crippen LogP contribution in [-0.4, -0.2) is 28.3 Å². The van der Waals surface area contributed by atoms with Gasteiger partial charge in [0.25, 0.3) is 5.56 Å². The van der Waals surface area contributed by atoms with E-state index >= 15 is 0 Å². The van der Waals surface area contributed by atoms with Crippen molar-refractivity contribution in [3.8, 4) is 0 Å². The lowest BCUT2D eigenvalue weighted by Crippen LogP contribution is -2.23. The summed E-state index contributed by atoms with van der Waals surface area (Å²) in [6, 6.07) is 0. The number of fused-ring (bicyclic) bond motifs is 3. The molecular weight excluding hydrogens is 294 g/mol. The molecule has 2 aromatic rings. The van der Waals surface area contributed by atoms with Gasteiger partial charge in [0, 0.05) is 19.0 Å². The van der Waals surface area contributed by atoms with Crippen molar-refractivity contribution in [3.63, 3.8) is 0 Å². The SMILES string of the molecule is CNC(=O)CSc1nc2sc3c(c2c(=O)n1C)CCC3. The maximum Gasteiger partial charge on any atom is 0.262 e. The number of amides is 1. The van der Waals surface area contributed by atoms with Crippen LogP contribution in [0.2, 0.25) is 0 Å². The van der Waals surface area contributed by atoms with E-state index in [0.717, 1.165) is 29.5 Å². The van der Waals surface area contributed by atoms with Gasteiger partial charge in [-0.1, -0.05) is 11.8 Å². The summed E-state index contributed by atoms with van der Waals surface area (Å²) in [5.74, 6) is 0.200. The average molecular weight is 309 g/mol. The molecule has 3 rings (SSSR count). The van der Waals surface area contributed by atoms with Gasteiger partial charge in [0.15, 0.2) is 5.16 Å². The number of aryl methyl sites for hydroxylation is 2. The van der Waals surface area contributed by atoms with Crippen molar-refractivity contribution in [2.45, 2.75) is 24.4 Å². The molecule has 0 atom stereocenters. The first kappa shape index (κ1) is 13.6. The summed E-state index contributed by atoms with van der Waals surface area (Å²) in [4.78, 5) is 30.5. The number of carbonyl (C=O) groups excluding carboxylic acids is 1. The summed E-state index contributed by atoms with van der Waals surface area (Å²) < 4.78 is 1.56. The Morgan fingerprint density at radius 3 is 3.05 bits per heavy atom. The molecule has 1 aliphatic carbocycles. The fourth-order valence-electron chi connectivity index (χ4n) is 2.44. The molecule has 0 spiro atoms. The molecule has 7 heteroatoms. The van der Waals surface area contributed by atoms with Crippen LogP contribution in [0.3, 0.4) is 0 Å². The standard InChI is InChI=1S/C13H15N3O2S2/c1-14-9(17)6-19-13-15-11-10(12(18)16(13)2)7-4-3-5-8(7)20-11/h3-6H2,1-2H3,(H,14,17). The van der Waals surface area contributed by atoms with Gasteiger partial charge in [0.1, 0.15) is 4.83 Å². The maximum absolute atomic E-state index is 12.5. The Morgan fingerprint density at radius 2 is 2.30 bits per heavy atom. The zero-order valence-electron chi connectivity index (χ0n) is 11.4. The Hall–Kier alpha value is -1.34. The van der Waals surface area contributed by atoms with Gasteiger partial charge in [-0.3, -0.25) is 14.2 Å². The Kier molecular flexibility index (Phi) is 3.55. The molecule has 2 aromatic heterocycles. The molecule has 2 heterocycles. The number of aromatic nitrogens is 2. The maximum atomic E-state index is 12.5. The second-order valence-corrected chi connectivity index (χ2v) is 6.78. The van der Waals surface area contributed by atoms with E-state index in [4.69, 9.17) is 0 Å². The van der Waals surface area contributed by atoms with Crippen LogP contribution in [0.25, 0.3) is 10.2 Å². The molecule has 0 saturated heterocycles. The highest BCUT2D eigenvalue weighted by Crippen LogP contribution is 2.35. The molecule has 1 N–H and O–H groups in total. The first-order valence-corrected chi connectivity index (χ1v) is 8.26. The fraction of sp³-hybridized carbons (Fsp3) is 0.462. The Labute approximate surface area is 124 Å². The van der Waals surface area contributed by atoms with Gasteiger partial charge < -0.3 is 5.32 Å². The summed E-state index contributed by atoms with van der Waals surface area (Å²) in [6.45, 7) is 0. The van der Waals surface area contributed by atoms with Crippen LogP contribution in [0, 0.1) is 0 Å². The van der Waals surface area contributed by atoms with Crippen LogP contribution in [-0.2, 0) is 24.7 Å². The van der Waals surface area contributed by atoms with E-state index in [9.17, 15) is 9.59 Å². The van der Waals surface area contributed by atoms with Crippen LogP contribution in [0.1, 0.15) is 16.9 Å². The Balaban J connectivity index is 2.05. The number of hydrogen-bond acceptors (Lipinski definition) is 5. The molecule has 0 unspecified atom stereocenters. The van der Waals surface area contributed by atoms with Crippen molar-refractivity contribution in [1.82, 2.24) is 14.9 Å². The van der Waals surface area contributed by atoms with E-state index in [1.165, 1.54) is 22.2 Å². The lowest BCUT2D eigenvalue weighted by molar-refractivity contribution is -0.118. The molecule has 106 valence electrons. The first-order chi connectivity index (χ1) is 9.61. The number of hydrogen-bond donors (Lipinski definition) is 1. The second-order valence-electron chi connectivity index (χ2n) is 4.76. The minimum atomic E-state index is -0.0713. The van der Waals surface area contributed by atoms with E-state index in [1.807, 2.05) is 0 Å². The Bertz CT molecular complexity index is 748. The summed E-state index contributed by atoms with van der Waals surface area (Å²) in [5, 5.41) is 3.95. The molecule has 0 aromatic carbocycles. The molecule has 0 aliphatic heterocycles. The lowest BCUT2D eigenvalue weighted by atomic mass is 10.2. The van der Waals surface area contributed by atoms with E-state index in [0.29, 0.717) is 5.16 Å². The second kappa shape index (κ2) is 5.21. The fourth-order valence-corrected chi connectivity index (χ4v) is 4.58. The Morgan fingerprint density at radius 1 is 1.50 bits per heavy atom. The summed E-state index contributed by atoms with van der Waals surface area (Å²) in [7, 11) is 3.32. The third-order valence-electron chi connectivity index (χ3n) is 3.52. The quantitative estimate of drug-likeness (QED) is 0.686. The predicted molar refractivity (Wildman–Crippen MR) is 81.7 cm³/mol. The molecular formula is C13H15N3O2S2. The number of nitrogens with zero attached hydrogens (tertiary/aromatic N) is 2. The number of rotatable bonds is 3. The van der Waals surface area contributed by atoms with Gasteiger partial charge in [-0.25, -0.2) is 4.98 Å². The summed E-state index contributed by atoms with van der Waals surface area (Å²) in [6.07, 6.45) is 3.17. The lowest BCUT2D eigenvalue weighted by Gasteiger charge is -2.06.